The van der Waals surface area contributed by atoms with Gasteiger partial charge in [0.15, 0.2) is 0 Å². The molecule has 4 rings (SSSR count). The van der Waals surface area contributed by atoms with E-state index in [1.807, 2.05) is 6.07 Å². The van der Waals surface area contributed by atoms with Gasteiger partial charge in [0.05, 0.1) is 6.07 Å². The predicted molar refractivity (Wildman–Crippen MR) is 110 cm³/mol. The van der Waals surface area contributed by atoms with E-state index in [1.54, 1.807) is 4.90 Å². The molecule has 9 heteroatoms. The fourth-order valence-corrected chi connectivity index (χ4v) is 4.29. The minimum absolute atomic E-state index is 0.225. The summed E-state index contributed by atoms with van der Waals surface area (Å²) in [6.45, 7) is 1.07. The molecule has 0 unspecified atom stereocenters. The third-order valence-electron chi connectivity index (χ3n) is 6.89. The molecule has 32 heavy (non-hydrogen) atoms. The molecule has 3 amide bonds. The van der Waals surface area contributed by atoms with Crippen LogP contribution < -0.4 is 10.6 Å². The Morgan fingerprint density at radius 3 is 2.25 bits per heavy atom. The number of rotatable bonds is 7. The van der Waals surface area contributed by atoms with Gasteiger partial charge in [0, 0.05) is 25.9 Å². The molecule has 6 nitrogen and oxygen atoms in total. The van der Waals surface area contributed by atoms with Crippen molar-refractivity contribution in [2.75, 3.05) is 13.1 Å². The van der Waals surface area contributed by atoms with Crippen LogP contribution in [0.3, 0.4) is 0 Å². The molecule has 172 valence electrons. The van der Waals surface area contributed by atoms with Crippen molar-refractivity contribution in [3.8, 4) is 6.07 Å². The van der Waals surface area contributed by atoms with Crippen LogP contribution in [0.5, 0.6) is 0 Å². The number of piperidine rings is 1. The van der Waals surface area contributed by atoms with E-state index in [-0.39, 0.29) is 5.56 Å². The van der Waals surface area contributed by atoms with Crippen LogP contribution in [-0.4, -0.2) is 47.4 Å². The van der Waals surface area contributed by atoms with Crippen LogP contribution in [0.1, 0.15) is 50.5 Å². The van der Waals surface area contributed by atoms with Crippen LogP contribution in [0.4, 0.5) is 18.0 Å². The summed E-state index contributed by atoms with van der Waals surface area (Å²) in [4.78, 5) is 27.1. The highest BCUT2D eigenvalue weighted by atomic mass is 19.3. The molecule has 1 aromatic carbocycles. The average Bonchev–Trinajstić information content (AvgIpc) is 3.68. The van der Waals surface area contributed by atoms with Crippen LogP contribution >= 0.6 is 0 Å². The molecule has 1 spiro atoms. The second kappa shape index (κ2) is 8.30. The van der Waals surface area contributed by atoms with E-state index in [2.05, 4.69) is 10.6 Å². The number of nitrogens with one attached hydrogen (secondary N) is 2. The molecule has 0 aromatic heterocycles. The number of carbonyl (C=O) groups excluding carboxylic acids is 2. The number of urea groups is 1. The number of hydrogen-bond donors (Lipinski definition) is 2. The van der Waals surface area contributed by atoms with Crippen molar-refractivity contribution in [1.29, 1.82) is 5.26 Å². The summed E-state index contributed by atoms with van der Waals surface area (Å²) in [7, 11) is 0. The first-order chi connectivity index (χ1) is 15.1. The molecule has 1 saturated heterocycles. The molecule has 1 aromatic rings. The molecule has 2 N–H and O–H groups in total. The van der Waals surface area contributed by atoms with Crippen molar-refractivity contribution in [2.45, 2.75) is 68.9 Å². The third kappa shape index (κ3) is 5.34. The first kappa shape index (κ1) is 22.4. The topological polar surface area (TPSA) is 85.2 Å². The minimum Gasteiger partial charge on any atom is -0.336 e. The SMILES string of the molecule is N#CC1(NC(=O)[C@H](CC(F)(F)Cc2ccc(F)cc2)NC(=O)N2CCC3(CC2)CC3)CC1. The van der Waals surface area contributed by atoms with Gasteiger partial charge < -0.3 is 15.5 Å². The number of carbonyl (C=O) groups is 2. The number of likely N-dealkylation sites (tertiary alicyclic amines) is 1. The number of amides is 3. The Balaban J connectivity index is 1.42. The number of nitriles is 1. The maximum atomic E-state index is 14.8. The van der Waals surface area contributed by atoms with E-state index in [9.17, 15) is 28.0 Å². The van der Waals surface area contributed by atoms with Crippen LogP contribution in [-0.2, 0) is 11.2 Å². The van der Waals surface area contributed by atoms with E-state index >= 15 is 0 Å². The maximum Gasteiger partial charge on any atom is 0.318 e. The van der Waals surface area contributed by atoms with E-state index in [1.165, 1.54) is 25.0 Å². The summed E-state index contributed by atoms with van der Waals surface area (Å²) in [5, 5.41) is 14.3. The summed E-state index contributed by atoms with van der Waals surface area (Å²) in [5.74, 6) is -4.63. The lowest BCUT2D eigenvalue weighted by Crippen LogP contribution is -2.56. The van der Waals surface area contributed by atoms with Crippen molar-refractivity contribution < 1.29 is 22.8 Å². The smallest absolute Gasteiger partial charge is 0.318 e. The third-order valence-corrected chi connectivity index (χ3v) is 6.89. The fraction of sp³-hybridized carbons (Fsp3) is 0.609. The van der Waals surface area contributed by atoms with Gasteiger partial charge in [0.25, 0.3) is 5.92 Å². The van der Waals surface area contributed by atoms with Crippen molar-refractivity contribution >= 4 is 11.9 Å². The number of benzene rings is 1. The molecular weight excluding hydrogens is 421 g/mol. The quantitative estimate of drug-likeness (QED) is 0.669. The Hall–Kier alpha value is -2.76. The van der Waals surface area contributed by atoms with Crippen LogP contribution in [0.25, 0.3) is 0 Å². The van der Waals surface area contributed by atoms with Crippen LogP contribution in [0.2, 0.25) is 0 Å². The Morgan fingerprint density at radius 1 is 1.09 bits per heavy atom. The highest BCUT2D eigenvalue weighted by Gasteiger charge is 2.48. The fourth-order valence-electron chi connectivity index (χ4n) is 4.29. The zero-order valence-electron chi connectivity index (χ0n) is 17.8. The summed E-state index contributed by atoms with van der Waals surface area (Å²) in [6.07, 6.45) is 3.40. The Morgan fingerprint density at radius 2 is 1.72 bits per heavy atom. The first-order valence-electron chi connectivity index (χ1n) is 11.0. The standard InChI is InChI=1S/C23H27F3N4O2/c24-17-3-1-16(2-4-17)13-23(25,26)14-18(19(31)29-22(15-27)7-8-22)28-20(32)30-11-9-21(5-6-21)10-12-30/h1-4,18H,5-14H2,(H,28,32)(H,29,31)/t18-/m0/s1. The van der Waals surface area contributed by atoms with Crippen molar-refractivity contribution in [3.05, 3.63) is 35.6 Å². The van der Waals surface area contributed by atoms with Crippen molar-refractivity contribution in [1.82, 2.24) is 15.5 Å². The van der Waals surface area contributed by atoms with E-state index in [0.29, 0.717) is 31.3 Å². The van der Waals surface area contributed by atoms with Crippen molar-refractivity contribution in [2.24, 2.45) is 5.41 Å². The van der Waals surface area contributed by atoms with E-state index in [4.69, 9.17) is 0 Å². The lowest BCUT2D eigenvalue weighted by Gasteiger charge is -2.34. The first-order valence-corrected chi connectivity index (χ1v) is 11.0. The minimum atomic E-state index is -3.32. The van der Waals surface area contributed by atoms with Crippen LogP contribution in [0, 0.1) is 22.6 Å². The van der Waals surface area contributed by atoms with E-state index in [0.717, 1.165) is 25.0 Å². The zero-order valence-corrected chi connectivity index (χ0v) is 17.8. The monoisotopic (exact) mass is 448 g/mol. The molecule has 2 aliphatic carbocycles. The average molecular weight is 448 g/mol. The molecule has 1 atom stereocenters. The van der Waals surface area contributed by atoms with Gasteiger partial charge in [-0.05, 0) is 61.6 Å². The van der Waals surface area contributed by atoms with Gasteiger partial charge in [-0.2, -0.15) is 5.26 Å². The van der Waals surface area contributed by atoms with Gasteiger partial charge in [-0.1, -0.05) is 12.1 Å². The molecule has 1 heterocycles. The molecule has 1 aliphatic heterocycles. The highest BCUT2D eigenvalue weighted by Crippen LogP contribution is 2.53. The largest absolute Gasteiger partial charge is 0.336 e. The van der Waals surface area contributed by atoms with Gasteiger partial charge in [0.1, 0.15) is 17.4 Å². The van der Waals surface area contributed by atoms with Gasteiger partial charge in [0.2, 0.25) is 5.91 Å². The molecule has 3 fully saturated rings. The molecule has 0 radical (unpaired) electrons. The van der Waals surface area contributed by atoms with E-state index < -0.39 is 48.1 Å². The maximum absolute atomic E-state index is 14.8. The molecule has 3 aliphatic rings. The second-order valence-corrected chi connectivity index (χ2v) is 9.54. The summed E-state index contributed by atoms with van der Waals surface area (Å²) >= 11 is 0. The summed E-state index contributed by atoms with van der Waals surface area (Å²) in [6, 6.07) is 4.72. The molecule has 2 saturated carbocycles. The zero-order chi connectivity index (χ0) is 23.0. The number of halogens is 3. The van der Waals surface area contributed by atoms with Gasteiger partial charge in [-0.15, -0.1) is 0 Å². The number of nitrogens with zero attached hydrogens (tertiary/aromatic N) is 2. The van der Waals surface area contributed by atoms with Gasteiger partial charge in [-0.25, -0.2) is 18.0 Å². The Kier molecular flexibility index (Phi) is 5.82. The number of alkyl halides is 2. The Labute approximate surface area is 185 Å². The summed E-state index contributed by atoms with van der Waals surface area (Å²) < 4.78 is 42.8. The van der Waals surface area contributed by atoms with Crippen LogP contribution in [0.15, 0.2) is 24.3 Å². The normalized spacial score (nSPS) is 21.4. The number of hydrogen-bond acceptors (Lipinski definition) is 3. The van der Waals surface area contributed by atoms with Gasteiger partial charge >= 0.3 is 6.03 Å². The predicted octanol–water partition coefficient (Wildman–Crippen LogP) is 3.52. The molecule has 0 bridgehead atoms. The van der Waals surface area contributed by atoms with Crippen molar-refractivity contribution in [3.63, 3.8) is 0 Å². The highest BCUT2D eigenvalue weighted by molar-refractivity contribution is 5.88. The lowest BCUT2D eigenvalue weighted by molar-refractivity contribution is -0.126. The summed E-state index contributed by atoms with van der Waals surface area (Å²) in [5.41, 5.74) is -0.459. The lowest BCUT2D eigenvalue weighted by atomic mass is 9.94. The Bertz CT molecular complexity index is 910. The van der Waals surface area contributed by atoms with Gasteiger partial charge in [-0.3, -0.25) is 4.79 Å². The second-order valence-electron chi connectivity index (χ2n) is 9.54. The molecular formula is C23H27F3N4O2.